The third-order valence-corrected chi connectivity index (χ3v) is 4.30. The second-order valence-corrected chi connectivity index (χ2v) is 5.73. The van der Waals surface area contributed by atoms with Crippen LogP contribution in [0.2, 0.25) is 0 Å². The molecule has 0 atom stereocenters. The van der Waals surface area contributed by atoms with Gasteiger partial charge in [0.1, 0.15) is 16.5 Å². The lowest BCUT2D eigenvalue weighted by atomic mass is 10.3. The fourth-order valence-corrected chi connectivity index (χ4v) is 3.36. The molecule has 0 aliphatic rings. The van der Waals surface area contributed by atoms with Crippen molar-refractivity contribution in [1.29, 1.82) is 0 Å². The van der Waals surface area contributed by atoms with E-state index in [-0.39, 0.29) is 11.0 Å². The van der Waals surface area contributed by atoms with E-state index in [2.05, 4.69) is 27.2 Å². The van der Waals surface area contributed by atoms with E-state index in [1.54, 1.807) is 0 Å². The van der Waals surface area contributed by atoms with Crippen molar-refractivity contribution >= 4 is 26.0 Å². The minimum Gasteiger partial charge on any atom is -0.211 e. The number of rotatable bonds is 5. The van der Waals surface area contributed by atoms with E-state index in [1.165, 1.54) is 6.08 Å². The maximum Gasteiger partial charge on any atom is 0.244 e. The molecule has 1 rings (SSSR count). The second kappa shape index (κ2) is 5.70. The van der Waals surface area contributed by atoms with E-state index in [0.717, 1.165) is 6.07 Å². The standard InChI is InChI=1S/C10H10BrF2NO2S/c1-2-3-4-14-17(15,16)10-8(11)5-7(12)6-9(10)13/h2,5-6,14H,1,3-4H2. The molecule has 0 saturated carbocycles. The second-order valence-electron chi connectivity index (χ2n) is 3.17. The third-order valence-electron chi connectivity index (χ3n) is 1.87. The lowest BCUT2D eigenvalue weighted by Crippen LogP contribution is -2.25. The number of hydrogen-bond acceptors (Lipinski definition) is 2. The summed E-state index contributed by atoms with van der Waals surface area (Å²) in [7, 11) is -4.00. The SMILES string of the molecule is C=CCCNS(=O)(=O)c1c(F)cc(F)cc1Br. The highest BCUT2D eigenvalue weighted by atomic mass is 79.9. The molecule has 0 aromatic heterocycles. The first-order valence-corrected chi connectivity index (χ1v) is 6.91. The van der Waals surface area contributed by atoms with Crippen molar-refractivity contribution in [1.82, 2.24) is 4.72 Å². The summed E-state index contributed by atoms with van der Waals surface area (Å²) in [5.41, 5.74) is 0. The predicted octanol–water partition coefficient (Wildman–Crippen LogP) is 2.58. The van der Waals surface area contributed by atoms with Crippen LogP contribution in [-0.2, 0) is 10.0 Å². The molecule has 0 amide bonds. The van der Waals surface area contributed by atoms with Gasteiger partial charge in [-0.3, -0.25) is 0 Å². The van der Waals surface area contributed by atoms with Gasteiger partial charge >= 0.3 is 0 Å². The van der Waals surface area contributed by atoms with Crippen LogP contribution in [0.25, 0.3) is 0 Å². The molecule has 1 aromatic carbocycles. The number of hydrogen-bond donors (Lipinski definition) is 1. The van der Waals surface area contributed by atoms with Gasteiger partial charge in [0, 0.05) is 17.1 Å². The van der Waals surface area contributed by atoms with E-state index in [0.29, 0.717) is 12.5 Å². The molecule has 0 spiro atoms. The van der Waals surface area contributed by atoms with Crippen LogP contribution in [0.15, 0.2) is 34.2 Å². The van der Waals surface area contributed by atoms with Gasteiger partial charge in [-0.05, 0) is 28.4 Å². The Balaban J connectivity index is 3.11. The predicted molar refractivity (Wildman–Crippen MR) is 64.1 cm³/mol. The highest BCUT2D eigenvalue weighted by Crippen LogP contribution is 2.25. The van der Waals surface area contributed by atoms with E-state index in [9.17, 15) is 17.2 Å². The Labute approximate surface area is 107 Å². The summed E-state index contributed by atoms with van der Waals surface area (Å²) >= 11 is 2.82. The molecule has 0 aliphatic carbocycles. The quantitative estimate of drug-likeness (QED) is 0.668. The molecular formula is C10H10BrF2NO2S. The van der Waals surface area contributed by atoms with Crippen molar-refractivity contribution in [3.8, 4) is 0 Å². The number of sulfonamides is 1. The van der Waals surface area contributed by atoms with Crippen molar-refractivity contribution in [2.24, 2.45) is 0 Å². The van der Waals surface area contributed by atoms with Crippen LogP contribution < -0.4 is 4.72 Å². The average Bonchev–Trinajstić information content (AvgIpc) is 2.15. The first-order chi connectivity index (χ1) is 7.88. The highest BCUT2D eigenvalue weighted by molar-refractivity contribution is 9.10. The lowest BCUT2D eigenvalue weighted by Gasteiger charge is -2.08. The topological polar surface area (TPSA) is 46.2 Å². The summed E-state index contributed by atoms with van der Waals surface area (Å²) in [4.78, 5) is -0.594. The molecule has 0 aliphatic heterocycles. The zero-order valence-electron chi connectivity index (χ0n) is 8.71. The van der Waals surface area contributed by atoms with Crippen molar-refractivity contribution in [3.63, 3.8) is 0 Å². The van der Waals surface area contributed by atoms with Gasteiger partial charge in [0.05, 0.1) is 0 Å². The van der Waals surface area contributed by atoms with Crippen molar-refractivity contribution < 1.29 is 17.2 Å². The monoisotopic (exact) mass is 325 g/mol. The Hall–Kier alpha value is -0.790. The van der Waals surface area contributed by atoms with Crippen LogP contribution >= 0.6 is 15.9 Å². The van der Waals surface area contributed by atoms with E-state index >= 15 is 0 Å². The highest BCUT2D eigenvalue weighted by Gasteiger charge is 2.22. The van der Waals surface area contributed by atoms with Gasteiger partial charge in [-0.25, -0.2) is 21.9 Å². The minimum absolute atomic E-state index is 0.106. The van der Waals surface area contributed by atoms with Crippen LogP contribution in [0.1, 0.15) is 6.42 Å². The number of halogens is 3. The van der Waals surface area contributed by atoms with Gasteiger partial charge in [-0.2, -0.15) is 0 Å². The normalized spacial score (nSPS) is 11.5. The minimum atomic E-state index is -4.00. The smallest absolute Gasteiger partial charge is 0.211 e. The molecule has 7 heteroatoms. The summed E-state index contributed by atoms with van der Waals surface area (Å²) in [6.45, 7) is 3.54. The molecular weight excluding hydrogens is 316 g/mol. The molecule has 0 radical (unpaired) electrons. The Morgan fingerprint density at radius 1 is 1.41 bits per heavy atom. The summed E-state index contributed by atoms with van der Waals surface area (Å²) in [5.74, 6) is -1.98. The Bertz CT molecular complexity index is 508. The van der Waals surface area contributed by atoms with E-state index < -0.39 is 26.6 Å². The fourth-order valence-electron chi connectivity index (χ4n) is 1.15. The van der Waals surface area contributed by atoms with Crippen molar-refractivity contribution in [2.45, 2.75) is 11.3 Å². The largest absolute Gasteiger partial charge is 0.244 e. The van der Waals surface area contributed by atoms with Crippen LogP contribution in [0, 0.1) is 11.6 Å². The molecule has 3 nitrogen and oxygen atoms in total. The van der Waals surface area contributed by atoms with E-state index in [4.69, 9.17) is 0 Å². The van der Waals surface area contributed by atoms with Crippen molar-refractivity contribution in [2.75, 3.05) is 6.54 Å². The number of nitrogens with one attached hydrogen (secondary N) is 1. The Kier molecular flexibility index (Phi) is 4.79. The van der Waals surface area contributed by atoms with Crippen LogP contribution in [0.5, 0.6) is 0 Å². The van der Waals surface area contributed by atoms with Crippen LogP contribution in [-0.4, -0.2) is 15.0 Å². The van der Waals surface area contributed by atoms with Crippen molar-refractivity contribution in [3.05, 3.63) is 40.9 Å². The summed E-state index contributed by atoms with van der Waals surface area (Å²) in [5, 5.41) is 0. The molecule has 0 bridgehead atoms. The zero-order chi connectivity index (χ0) is 13.1. The van der Waals surface area contributed by atoms with E-state index in [1.807, 2.05) is 0 Å². The molecule has 0 saturated heterocycles. The maximum atomic E-state index is 13.4. The first kappa shape index (κ1) is 14.3. The maximum absolute atomic E-state index is 13.4. The lowest BCUT2D eigenvalue weighted by molar-refractivity contribution is 0.541. The third kappa shape index (κ3) is 3.58. The summed E-state index contributed by atoms with van der Waals surface area (Å²) in [6, 6.07) is 1.41. The Morgan fingerprint density at radius 2 is 2.06 bits per heavy atom. The van der Waals surface area contributed by atoms with Gasteiger partial charge in [0.25, 0.3) is 0 Å². The van der Waals surface area contributed by atoms with Crippen LogP contribution in [0.3, 0.4) is 0 Å². The van der Waals surface area contributed by atoms with Gasteiger partial charge in [0.15, 0.2) is 0 Å². The van der Waals surface area contributed by atoms with Gasteiger partial charge in [-0.15, -0.1) is 6.58 Å². The zero-order valence-corrected chi connectivity index (χ0v) is 11.1. The fraction of sp³-hybridized carbons (Fsp3) is 0.200. The average molecular weight is 326 g/mol. The van der Waals surface area contributed by atoms with Gasteiger partial charge in [-0.1, -0.05) is 6.08 Å². The molecule has 94 valence electrons. The Morgan fingerprint density at radius 3 is 2.59 bits per heavy atom. The molecule has 0 fully saturated rings. The summed E-state index contributed by atoms with van der Waals surface area (Å²) < 4.78 is 51.7. The van der Waals surface area contributed by atoms with Gasteiger partial charge in [0.2, 0.25) is 10.0 Å². The van der Waals surface area contributed by atoms with Gasteiger partial charge < -0.3 is 0 Å². The molecule has 1 aromatic rings. The number of benzene rings is 1. The molecule has 0 unspecified atom stereocenters. The summed E-state index contributed by atoms with van der Waals surface area (Å²) in [6.07, 6.45) is 1.94. The van der Waals surface area contributed by atoms with Crippen LogP contribution in [0.4, 0.5) is 8.78 Å². The molecule has 17 heavy (non-hydrogen) atoms. The molecule has 0 heterocycles. The molecule has 1 N–H and O–H groups in total. The first-order valence-electron chi connectivity index (χ1n) is 4.63.